The molecule has 1 aromatic rings. The van der Waals surface area contributed by atoms with E-state index in [0.29, 0.717) is 35.1 Å². The largest absolute Gasteiger partial charge is 0.497 e. The maximum Gasteiger partial charge on any atom is 0.166 e. The number of carbonyl (C=O) groups excluding carboxylic acids is 1. The minimum atomic E-state index is -0.0437. The van der Waals surface area contributed by atoms with Crippen molar-refractivity contribution in [3.63, 3.8) is 0 Å². The summed E-state index contributed by atoms with van der Waals surface area (Å²) in [7, 11) is 3.27. The van der Waals surface area contributed by atoms with E-state index in [9.17, 15) is 4.79 Å². The normalized spacial score (nSPS) is 9.67. The van der Waals surface area contributed by atoms with Gasteiger partial charge >= 0.3 is 0 Å². The number of Topliss-reactive ketones (excluding diaryl/α,β-unsaturated/α-hetero) is 1. The zero-order valence-corrected chi connectivity index (χ0v) is 11.3. The zero-order valence-electron chi connectivity index (χ0n) is 10.4. The summed E-state index contributed by atoms with van der Waals surface area (Å²) in [6.45, 7) is 0.467. The molecule has 0 bridgehead atoms. The third-order valence-electron chi connectivity index (χ3n) is 2.43. The Morgan fingerprint density at radius 1 is 1.50 bits per heavy atom. The van der Waals surface area contributed by atoms with Crippen LogP contribution < -0.4 is 21.1 Å². The van der Waals surface area contributed by atoms with Gasteiger partial charge in [-0.25, -0.2) is 0 Å². The molecule has 5 nitrogen and oxygen atoms in total. The highest BCUT2D eigenvalue weighted by Crippen LogP contribution is 2.20. The number of thiocarbonyl (C=S) groups is 1. The average molecular weight is 267 g/mol. The van der Waals surface area contributed by atoms with Crippen LogP contribution in [0, 0.1) is 0 Å². The summed E-state index contributed by atoms with van der Waals surface area (Å²) in [5.41, 5.74) is 6.70. The second kappa shape index (κ2) is 6.80. The lowest BCUT2D eigenvalue weighted by Gasteiger charge is -2.09. The van der Waals surface area contributed by atoms with Crippen LogP contribution >= 0.6 is 12.2 Å². The van der Waals surface area contributed by atoms with Gasteiger partial charge < -0.3 is 21.1 Å². The number of carbonyl (C=O) groups is 1. The SMILES string of the molecule is CNC(=S)NCCC(=O)c1cc(OC)ccc1N. The quantitative estimate of drug-likeness (QED) is 0.419. The van der Waals surface area contributed by atoms with Gasteiger partial charge in [-0.1, -0.05) is 0 Å². The standard InChI is InChI=1S/C12H17N3O2S/c1-14-12(18)15-6-5-11(16)9-7-8(17-2)3-4-10(9)13/h3-4,7H,5-6,13H2,1-2H3,(H2,14,15,18). The van der Waals surface area contributed by atoms with E-state index in [4.69, 9.17) is 22.7 Å². The van der Waals surface area contributed by atoms with Gasteiger partial charge in [0.2, 0.25) is 0 Å². The van der Waals surface area contributed by atoms with E-state index in [-0.39, 0.29) is 5.78 Å². The molecule has 0 heterocycles. The first kappa shape index (κ1) is 14.2. The molecule has 0 aliphatic carbocycles. The van der Waals surface area contributed by atoms with Gasteiger partial charge in [0.15, 0.2) is 10.9 Å². The number of methoxy groups -OCH3 is 1. The second-order valence-electron chi connectivity index (χ2n) is 3.63. The Kier molecular flexibility index (Phi) is 5.38. The number of nitrogens with two attached hydrogens (primary N) is 1. The fourth-order valence-electron chi connectivity index (χ4n) is 1.42. The van der Waals surface area contributed by atoms with E-state index in [0.717, 1.165) is 0 Å². The van der Waals surface area contributed by atoms with Gasteiger partial charge in [0.05, 0.1) is 7.11 Å². The van der Waals surface area contributed by atoms with E-state index in [1.807, 2.05) is 0 Å². The molecule has 0 aromatic heterocycles. The van der Waals surface area contributed by atoms with Crippen LogP contribution in [0.1, 0.15) is 16.8 Å². The van der Waals surface area contributed by atoms with Crippen molar-refractivity contribution in [2.75, 3.05) is 26.4 Å². The monoisotopic (exact) mass is 267 g/mol. The van der Waals surface area contributed by atoms with Crippen molar-refractivity contribution < 1.29 is 9.53 Å². The number of benzene rings is 1. The number of ketones is 1. The van der Waals surface area contributed by atoms with Crippen LogP contribution in [0.25, 0.3) is 0 Å². The first-order valence-electron chi connectivity index (χ1n) is 5.50. The fourth-order valence-corrected chi connectivity index (χ4v) is 1.52. The van der Waals surface area contributed by atoms with Gasteiger partial charge in [0.25, 0.3) is 0 Å². The van der Waals surface area contributed by atoms with Gasteiger partial charge in [-0.15, -0.1) is 0 Å². The Morgan fingerprint density at radius 2 is 2.22 bits per heavy atom. The van der Waals surface area contributed by atoms with Gasteiger partial charge in [0.1, 0.15) is 5.75 Å². The molecule has 1 rings (SSSR count). The lowest BCUT2D eigenvalue weighted by atomic mass is 10.1. The molecular weight excluding hydrogens is 250 g/mol. The Bertz CT molecular complexity index is 449. The van der Waals surface area contributed by atoms with Crippen molar-refractivity contribution in [1.82, 2.24) is 10.6 Å². The maximum atomic E-state index is 12.0. The second-order valence-corrected chi connectivity index (χ2v) is 4.04. The zero-order chi connectivity index (χ0) is 13.5. The summed E-state index contributed by atoms with van der Waals surface area (Å²) in [5, 5.41) is 6.20. The van der Waals surface area contributed by atoms with Crippen LogP contribution in [0.2, 0.25) is 0 Å². The number of nitrogen functional groups attached to an aromatic ring is 1. The highest BCUT2D eigenvalue weighted by molar-refractivity contribution is 7.80. The highest BCUT2D eigenvalue weighted by atomic mass is 32.1. The number of anilines is 1. The lowest BCUT2D eigenvalue weighted by Crippen LogP contribution is -2.33. The smallest absolute Gasteiger partial charge is 0.166 e. The molecule has 6 heteroatoms. The van der Waals surface area contributed by atoms with Crippen LogP contribution in [0.15, 0.2) is 18.2 Å². The number of rotatable bonds is 5. The van der Waals surface area contributed by atoms with E-state index in [2.05, 4.69) is 10.6 Å². The molecule has 0 saturated heterocycles. The molecule has 0 fully saturated rings. The number of hydrogen-bond donors (Lipinski definition) is 3. The van der Waals surface area contributed by atoms with Crippen LogP contribution in [0.3, 0.4) is 0 Å². The summed E-state index contributed by atoms with van der Waals surface area (Å²) in [5.74, 6) is 0.573. The molecule has 0 aliphatic heterocycles. The Morgan fingerprint density at radius 3 is 2.83 bits per heavy atom. The third-order valence-corrected chi connectivity index (χ3v) is 2.77. The maximum absolute atomic E-state index is 12.0. The van der Waals surface area contributed by atoms with Gasteiger partial charge in [-0.05, 0) is 30.4 Å². The molecule has 4 N–H and O–H groups in total. The van der Waals surface area contributed by atoms with Crippen LogP contribution in [-0.4, -0.2) is 31.6 Å². The molecular formula is C12H17N3O2S. The van der Waals surface area contributed by atoms with E-state index < -0.39 is 0 Å². The van der Waals surface area contributed by atoms with E-state index in [1.54, 1.807) is 32.4 Å². The molecule has 1 aromatic carbocycles. The van der Waals surface area contributed by atoms with Crippen LogP contribution in [0.4, 0.5) is 5.69 Å². The predicted molar refractivity (Wildman–Crippen MR) is 76.0 cm³/mol. The lowest BCUT2D eigenvalue weighted by molar-refractivity contribution is 0.0984. The molecule has 0 aliphatic rings. The fraction of sp³-hybridized carbons (Fsp3) is 0.333. The van der Waals surface area contributed by atoms with Crippen molar-refractivity contribution in [1.29, 1.82) is 0 Å². The summed E-state index contributed by atoms with van der Waals surface area (Å²) in [6, 6.07) is 5.03. The molecule has 98 valence electrons. The highest BCUT2D eigenvalue weighted by Gasteiger charge is 2.10. The number of hydrogen-bond acceptors (Lipinski definition) is 4. The third kappa shape index (κ3) is 3.89. The van der Waals surface area contributed by atoms with Gasteiger partial charge in [-0.3, -0.25) is 4.79 Å². The van der Waals surface area contributed by atoms with Crippen molar-refractivity contribution in [3.8, 4) is 5.75 Å². The molecule has 0 atom stereocenters. The van der Waals surface area contributed by atoms with E-state index >= 15 is 0 Å². The molecule has 18 heavy (non-hydrogen) atoms. The molecule has 0 amide bonds. The predicted octanol–water partition coefficient (Wildman–Crippen LogP) is 0.944. The Labute approximate surface area is 112 Å². The Hall–Kier alpha value is -1.82. The summed E-state index contributed by atoms with van der Waals surface area (Å²) in [6.07, 6.45) is 0.319. The minimum Gasteiger partial charge on any atom is -0.497 e. The number of ether oxygens (including phenoxy) is 1. The molecule has 0 spiro atoms. The number of nitrogens with one attached hydrogen (secondary N) is 2. The van der Waals surface area contributed by atoms with Crippen molar-refractivity contribution in [3.05, 3.63) is 23.8 Å². The summed E-state index contributed by atoms with van der Waals surface area (Å²) < 4.78 is 5.07. The van der Waals surface area contributed by atoms with Gasteiger partial charge in [0, 0.05) is 31.3 Å². The summed E-state index contributed by atoms with van der Waals surface area (Å²) >= 11 is 4.91. The summed E-state index contributed by atoms with van der Waals surface area (Å²) in [4.78, 5) is 12.0. The van der Waals surface area contributed by atoms with Gasteiger partial charge in [-0.2, -0.15) is 0 Å². The molecule has 0 radical (unpaired) electrons. The first-order chi connectivity index (χ1) is 8.58. The Balaban J connectivity index is 2.63. The molecule has 0 unspecified atom stereocenters. The average Bonchev–Trinajstić information content (AvgIpc) is 2.38. The van der Waals surface area contributed by atoms with Crippen molar-refractivity contribution in [2.24, 2.45) is 0 Å². The van der Waals surface area contributed by atoms with E-state index in [1.165, 1.54) is 0 Å². The van der Waals surface area contributed by atoms with Crippen LogP contribution in [-0.2, 0) is 0 Å². The topological polar surface area (TPSA) is 76.4 Å². The van der Waals surface area contributed by atoms with Crippen LogP contribution in [0.5, 0.6) is 5.75 Å². The first-order valence-corrected chi connectivity index (χ1v) is 5.91. The molecule has 0 saturated carbocycles. The minimum absolute atomic E-state index is 0.0437. The van der Waals surface area contributed by atoms with Crippen molar-refractivity contribution >= 4 is 28.8 Å². The van der Waals surface area contributed by atoms with Crippen molar-refractivity contribution in [2.45, 2.75) is 6.42 Å².